The van der Waals surface area contributed by atoms with E-state index in [1.54, 1.807) is 0 Å². The normalized spacial score (nSPS) is 10.4. The van der Waals surface area contributed by atoms with Crippen molar-refractivity contribution in [3.63, 3.8) is 0 Å². The highest BCUT2D eigenvalue weighted by atomic mass is 19.2. The van der Waals surface area contributed by atoms with Gasteiger partial charge in [0.2, 0.25) is 0 Å². The van der Waals surface area contributed by atoms with Crippen molar-refractivity contribution in [2.45, 2.75) is 0 Å². The minimum atomic E-state index is -1.71. The first-order valence-electron chi connectivity index (χ1n) is 4.74. The molecule has 1 aromatic carbocycles. The molecule has 18 heavy (non-hydrogen) atoms. The van der Waals surface area contributed by atoms with E-state index in [9.17, 15) is 18.0 Å². The molecule has 0 atom stereocenters. The average Bonchev–Trinajstić information content (AvgIpc) is 2.72. The number of amides is 1. The van der Waals surface area contributed by atoms with E-state index in [-0.39, 0.29) is 11.5 Å². The molecule has 4 N–H and O–H groups in total. The van der Waals surface area contributed by atoms with Crippen LogP contribution < -0.4 is 11.1 Å². The molecule has 5 nitrogen and oxygen atoms in total. The van der Waals surface area contributed by atoms with Gasteiger partial charge >= 0.3 is 0 Å². The fourth-order valence-corrected chi connectivity index (χ4v) is 1.28. The van der Waals surface area contributed by atoms with Crippen LogP contribution in [0.2, 0.25) is 0 Å². The Morgan fingerprint density at radius 1 is 1.28 bits per heavy atom. The highest BCUT2D eigenvalue weighted by Gasteiger charge is 2.19. The summed E-state index contributed by atoms with van der Waals surface area (Å²) in [6.45, 7) is 0. The third-order valence-electron chi connectivity index (χ3n) is 2.19. The van der Waals surface area contributed by atoms with E-state index in [4.69, 9.17) is 5.73 Å². The molecule has 0 aliphatic rings. The van der Waals surface area contributed by atoms with Crippen molar-refractivity contribution in [2.24, 2.45) is 0 Å². The Morgan fingerprint density at radius 2 is 2.00 bits per heavy atom. The predicted molar refractivity (Wildman–Crippen MR) is 57.3 cm³/mol. The Hall–Kier alpha value is -2.51. The third kappa shape index (κ3) is 1.99. The first kappa shape index (κ1) is 12.0. The zero-order chi connectivity index (χ0) is 13.3. The number of nitrogens with one attached hydrogen (secondary N) is 2. The largest absolute Gasteiger partial charge is 0.394 e. The highest BCUT2D eigenvalue weighted by molar-refractivity contribution is 6.05. The van der Waals surface area contributed by atoms with E-state index < -0.39 is 28.9 Å². The van der Waals surface area contributed by atoms with Crippen LogP contribution in [0.5, 0.6) is 0 Å². The van der Waals surface area contributed by atoms with E-state index in [1.165, 1.54) is 6.20 Å². The summed E-state index contributed by atoms with van der Waals surface area (Å²) in [7, 11) is 0. The molecule has 0 fully saturated rings. The minimum absolute atomic E-state index is 0.0455. The Labute approximate surface area is 98.8 Å². The maximum Gasteiger partial charge on any atom is 0.259 e. The lowest BCUT2D eigenvalue weighted by Crippen LogP contribution is -2.16. The minimum Gasteiger partial charge on any atom is -0.394 e. The van der Waals surface area contributed by atoms with Gasteiger partial charge < -0.3 is 11.1 Å². The van der Waals surface area contributed by atoms with Crippen molar-refractivity contribution in [3.8, 4) is 0 Å². The smallest absolute Gasteiger partial charge is 0.259 e. The molecule has 1 aromatic heterocycles. The summed E-state index contributed by atoms with van der Waals surface area (Å²) >= 11 is 0. The molecule has 0 aliphatic carbocycles. The summed E-state index contributed by atoms with van der Waals surface area (Å²) in [5.74, 6) is -5.57. The van der Waals surface area contributed by atoms with Crippen molar-refractivity contribution in [1.82, 2.24) is 10.2 Å². The fraction of sp³-hybridized carbons (Fsp3) is 0. The Morgan fingerprint density at radius 3 is 2.61 bits per heavy atom. The summed E-state index contributed by atoms with van der Waals surface area (Å²) in [4.78, 5) is 11.6. The second-order valence-electron chi connectivity index (χ2n) is 3.38. The number of anilines is 2. The van der Waals surface area contributed by atoms with Gasteiger partial charge in [-0.1, -0.05) is 0 Å². The van der Waals surface area contributed by atoms with E-state index in [0.29, 0.717) is 6.07 Å². The summed E-state index contributed by atoms with van der Waals surface area (Å²) < 4.78 is 38.9. The number of H-pyrrole nitrogens is 1. The van der Waals surface area contributed by atoms with E-state index in [2.05, 4.69) is 15.5 Å². The lowest BCUT2D eigenvalue weighted by Gasteiger charge is -2.05. The monoisotopic (exact) mass is 256 g/mol. The number of carbonyl (C=O) groups excluding carboxylic acids is 1. The van der Waals surface area contributed by atoms with Gasteiger partial charge in [-0.05, 0) is 12.1 Å². The Kier molecular flexibility index (Phi) is 2.92. The zero-order valence-electron chi connectivity index (χ0n) is 8.80. The molecule has 0 aliphatic heterocycles. The average molecular weight is 256 g/mol. The number of halogens is 3. The summed E-state index contributed by atoms with van der Waals surface area (Å²) in [5.41, 5.74) is 4.92. The van der Waals surface area contributed by atoms with Gasteiger partial charge in [-0.3, -0.25) is 9.89 Å². The quantitative estimate of drug-likeness (QED) is 0.714. The molecule has 94 valence electrons. The van der Waals surface area contributed by atoms with Crippen LogP contribution in [0.4, 0.5) is 24.7 Å². The molecule has 0 unspecified atom stereocenters. The number of benzene rings is 1. The van der Waals surface area contributed by atoms with Crippen LogP contribution in [0.1, 0.15) is 10.4 Å². The first-order valence-corrected chi connectivity index (χ1v) is 4.74. The van der Waals surface area contributed by atoms with Crippen LogP contribution in [-0.2, 0) is 0 Å². The van der Waals surface area contributed by atoms with Gasteiger partial charge in [-0.15, -0.1) is 0 Å². The third-order valence-corrected chi connectivity index (χ3v) is 2.19. The van der Waals surface area contributed by atoms with Crippen molar-refractivity contribution in [3.05, 3.63) is 41.3 Å². The van der Waals surface area contributed by atoms with Crippen molar-refractivity contribution in [2.75, 3.05) is 11.1 Å². The number of carbonyl (C=O) groups is 1. The molecule has 0 radical (unpaired) electrons. The van der Waals surface area contributed by atoms with E-state index in [0.717, 1.165) is 6.07 Å². The van der Waals surface area contributed by atoms with E-state index >= 15 is 0 Å². The standard InChI is InChI=1S/C10H7F3N4O/c11-5-2-1-4(7(12)8(5)13)10(18)16-9-6(14)3-15-17-9/h1-3H,14H2,(H2,15,16,17,18). The predicted octanol–water partition coefficient (Wildman–Crippen LogP) is 1.66. The molecular weight excluding hydrogens is 249 g/mol. The molecule has 0 saturated heterocycles. The van der Waals surface area contributed by atoms with E-state index in [1.807, 2.05) is 0 Å². The lowest BCUT2D eigenvalue weighted by molar-refractivity contribution is 0.102. The second kappa shape index (κ2) is 4.40. The number of nitrogen functional groups attached to an aromatic ring is 1. The molecule has 1 amide bonds. The van der Waals surface area contributed by atoms with Gasteiger partial charge in [-0.2, -0.15) is 5.10 Å². The fourth-order valence-electron chi connectivity index (χ4n) is 1.28. The molecule has 0 bridgehead atoms. The molecule has 0 spiro atoms. The van der Waals surface area contributed by atoms with Crippen molar-refractivity contribution >= 4 is 17.4 Å². The van der Waals surface area contributed by atoms with Crippen LogP contribution in [0.15, 0.2) is 18.3 Å². The number of hydrogen-bond acceptors (Lipinski definition) is 3. The second-order valence-corrected chi connectivity index (χ2v) is 3.38. The maximum absolute atomic E-state index is 13.3. The number of nitrogens with zero attached hydrogens (tertiary/aromatic N) is 1. The van der Waals surface area contributed by atoms with Crippen LogP contribution in [0, 0.1) is 17.5 Å². The number of aromatic nitrogens is 2. The van der Waals surface area contributed by atoms with Gasteiger partial charge in [0.25, 0.3) is 5.91 Å². The summed E-state index contributed by atoms with van der Waals surface area (Å²) in [6, 6.07) is 1.49. The van der Waals surface area contributed by atoms with Gasteiger partial charge in [0.15, 0.2) is 23.3 Å². The molecule has 8 heteroatoms. The first-order chi connectivity index (χ1) is 8.50. The van der Waals surface area contributed by atoms with Crippen LogP contribution in [-0.4, -0.2) is 16.1 Å². The zero-order valence-corrected chi connectivity index (χ0v) is 8.80. The van der Waals surface area contributed by atoms with Crippen LogP contribution in [0.3, 0.4) is 0 Å². The number of aromatic amines is 1. The van der Waals surface area contributed by atoms with Gasteiger partial charge in [0.05, 0.1) is 17.4 Å². The number of nitrogens with two attached hydrogens (primary N) is 1. The molecular formula is C10H7F3N4O. The summed E-state index contributed by atoms with van der Waals surface area (Å²) in [6.07, 6.45) is 1.23. The van der Waals surface area contributed by atoms with Crippen molar-refractivity contribution < 1.29 is 18.0 Å². The Bertz CT molecular complexity index is 611. The molecule has 2 rings (SSSR count). The van der Waals surface area contributed by atoms with Crippen molar-refractivity contribution in [1.29, 1.82) is 0 Å². The molecule has 1 heterocycles. The molecule has 2 aromatic rings. The van der Waals surface area contributed by atoms with Gasteiger partial charge in [0.1, 0.15) is 0 Å². The number of hydrogen-bond donors (Lipinski definition) is 3. The lowest BCUT2D eigenvalue weighted by atomic mass is 10.2. The SMILES string of the molecule is Nc1cn[nH]c1NC(=O)c1ccc(F)c(F)c1F. The van der Waals surface area contributed by atoms with Crippen LogP contribution in [0.25, 0.3) is 0 Å². The maximum atomic E-state index is 13.3. The topological polar surface area (TPSA) is 83.8 Å². The van der Waals surface area contributed by atoms with Crippen LogP contribution >= 0.6 is 0 Å². The molecule has 0 saturated carbocycles. The van der Waals surface area contributed by atoms with Gasteiger partial charge in [-0.25, -0.2) is 13.2 Å². The van der Waals surface area contributed by atoms with Gasteiger partial charge in [0, 0.05) is 0 Å². The highest BCUT2D eigenvalue weighted by Crippen LogP contribution is 2.18. The number of rotatable bonds is 2. The Balaban J connectivity index is 2.30. The summed E-state index contributed by atoms with van der Waals surface area (Å²) in [5, 5.41) is 8.07.